The summed E-state index contributed by atoms with van der Waals surface area (Å²) >= 11 is 0. The Morgan fingerprint density at radius 3 is 2.88 bits per heavy atom. The SMILES string of the molecule is CC(C)[C@H]1C(=O)Nc2cccc3c2N1CCN3. The third-order valence-electron chi connectivity index (χ3n) is 3.49. The number of amides is 1. The van der Waals surface area contributed by atoms with Gasteiger partial charge < -0.3 is 15.5 Å². The second kappa shape index (κ2) is 3.65. The lowest BCUT2D eigenvalue weighted by Gasteiger charge is -2.43. The molecule has 1 aromatic rings. The number of benzene rings is 1. The van der Waals surface area contributed by atoms with E-state index in [1.54, 1.807) is 0 Å². The van der Waals surface area contributed by atoms with E-state index in [-0.39, 0.29) is 11.9 Å². The van der Waals surface area contributed by atoms with Gasteiger partial charge in [-0.1, -0.05) is 19.9 Å². The second-order valence-electron chi connectivity index (χ2n) is 5.00. The van der Waals surface area contributed by atoms with Crippen molar-refractivity contribution in [2.24, 2.45) is 5.92 Å². The zero-order valence-corrected chi connectivity index (χ0v) is 10.2. The summed E-state index contributed by atoms with van der Waals surface area (Å²) in [5.41, 5.74) is 3.20. The van der Waals surface area contributed by atoms with Crippen LogP contribution in [-0.2, 0) is 4.79 Å². The number of nitrogens with zero attached hydrogens (tertiary/aromatic N) is 1. The van der Waals surface area contributed by atoms with E-state index in [9.17, 15) is 4.79 Å². The monoisotopic (exact) mass is 231 g/mol. The van der Waals surface area contributed by atoms with E-state index in [0.29, 0.717) is 5.92 Å². The maximum Gasteiger partial charge on any atom is 0.247 e. The number of para-hydroxylation sites is 1. The quantitative estimate of drug-likeness (QED) is 0.776. The molecule has 1 aromatic carbocycles. The average Bonchev–Trinajstić information content (AvgIpc) is 2.28. The Kier molecular flexibility index (Phi) is 2.24. The number of rotatable bonds is 1. The van der Waals surface area contributed by atoms with Gasteiger partial charge in [0, 0.05) is 13.1 Å². The normalized spacial score (nSPS) is 21.9. The Morgan fingerprint density at radius 1 is 1.35 bits per heavy atom. The van der Waals surface area contributed by atoms with Gasteiger partial charge >= 0.3 is 0 Å². The molecule has 90 valence electrons. The van der Waals surface area contributed by atoms with Crippen LogP contribution < -0.4 is 15.5 Å². The Balaban J connectivity index is 2.14. The van der Waals surface area contributed by atoms with Crippen molar-refractivity contribution >= 4 is 23.0 Å². The number of hydrogen-bond donors (Lipinski definition) is 2. The highest BCUT2D eigenvalue weighted by atomic mass is 16.2. The van der Waals surface area contributed by atoms with Gasteiger partial charge in [0.05, 0.1) is 17.1 Å². The second-order valence-corrected chi connectivity index (χ2v) is 5.00. The molecule has 0 aliphatic carbocycles. The van der Waals surface area contributed by atoms with Gasteiger partial charge in [-0.3, -0.25) is 4.79 Å². The molecule has 0 spiro atoms. The highest BCUT2D eigenvalue weighted by Crippen LogP contribution is 2.41. The van der Waals surface area contributed by atoms with E-state index in [1.165, 1.54) is 0 Å². The molecular formula is C13H17N3O. The average molecular weight is 231 g/mol. The molecular weight excluding hydrogens is 214 g/mol. The predicted octanol–water partition coefficient (Wildman–Crippen LogP) is 1.90. The third-order valence-corrected chi connectivity index (χ3v) is 3.49. The molecule has 2 aliphatic rings. The smallest absolute Gasteiger partial charge is 0.247 e. The van der Waals surface area contributed by atoms with E-state index in [2.05, 4.69) is 35.4 Å². The Hall–Kier alpha value is -1.71. The lowest BCUT2D eigenvalue weighted by Crippen LogP contribution is -2.54. The number of nitrogens with one attached hydrogen (secondary N) is 2. The van der Waals surface area contributed by atoms with E-state index < -0.39 is 0 Å². The first kappa shape index (κ1) is 10.4. The topological polar surface area (TPSA) is 44.4 Å². The number of carbonyl (C=O) groups is 1. The first-order valence-electron chi connectivity index (χ1n) is 6.13. The molecule has 1 atom stereocenters. The van der Waals surface area contributed by atoms with Crippen LogP contribution in [0.2, 0.25) is 0 Å². The summed E-state index contributed by atoms with van der Waals surface area (Å²) < 4.78 is 0. The molecule has 4 nitrogen and oxygen atoms in total. The van der Waals surface area contributed by atoms with Gasteiger partial charge in [0.25, 0.3) is 0 Å². The minimum absolute atomic E-state index is 0.0502. The summed E-state index contributed by atoms with van der Waals surface area (Å²) in [7, 11) is 0. The van der Waals surface area contributed by atoms with Gasteiger partial charge in [-0.25, -0.2) is 0 Å². The number of anilines is 3. The number of hydrogen-bond acceptors (Lipinski definition) is 3. The Morgan fingerprint density at radius 2 is 2.12 bits per heavy atom. The van der Waals surface area contributed by atoms with E-state index in [0.717, 1.165) is 30.2 Å². The lowest BCUT2D eigenvalue weighted by atomic mass is 9.96. The third kappa shape index (κ3) is 1.47. The summed E-state index contributed by atoms with van der Waals surface area (Å²) in [6.45, 7) is 5.98. The van der Waals surface area contributed by atoms with Gasteiger partial charge in [-0.2, -0.15) is 0 Å². The molecule has 0 unspecified atom stereocenters. The maximum absolute atomic E-state index is 12.1. The van der Waals surface area contributed by atoms with Crippen LogP contribution in [0.1, 0.15) is 13.8 Å². The molecule has 3 rings (SSSR count). The number of carbonyl (C=O) groups excluding carboxylic acids is 1. The summed E-state index contributed by atoms with van der Waals surface area (Å²) in [5.74, 6) is 0.431. The molecule has 1 amide bonds. The Bertz CT molecular complexity index is 470. The van der Waals surface area contributed by atoms with Crippen LogP contribution in [0.25, 0.3) is 0 Å². The fourth-order valence-electron chi connectivity index (χ4n) is 2.81. The standard InChI is InChI=1S/C13H17N3O/c1-8(2)11-13(17)15-10-5-3-4-9-12(10)16(11)7-6-14-9/h3-5,8,11,14H,6-7H2,1-2H3,(H,15,17)/t11-/m0/s1. The fraction of sp³-hybridized carbons (Fsp3) is 0.462. The molecule has 0 bridgehead atoms. The van der Waals surface area contributed by atoms with Crippen molar-refractivity contribution in [1.82, 2.24) is 0 Å². The van der Waals surface area contributed by atoms with E-state index in [1.807, 2.05) is 12.1 Å². The molecule has 2 N–H and O–H groups in total. The summed E-state index contributed by atoms with van der Waals surface area (Å²) in [6.07, 6.45) is 0. The van der Waals surface area contributed by atoms with Crippen LogP contribution in [0.5, 0.6) is 0 Å². The molecule has 2 heterocycles. The van der Waals surface area contributed by atoms with Gasteiger partial charge in [-0.05, 0) is 18.1 Å². The van der Waals surface area contributed by atoms with Crippen LogP contribution in [0, 0.1) is 5.92 Å². The first-order chi connectivity index (χ1) is 8.18. The Labute approximate surface area is 101 Å². The minimum atomic E-state index is -0.0502. The molecule has 0 aromatic heterocycles. The zero-order chi connectivity index (χ0) is 12.0. The van der Waals surface area contributed by atoms with Gasteiger partial charge in [0.1, 0.15) is 6.04 Å². The van der Waals surface area contributed by atoms with Crippen LogP contribution in [-0.4, -0.2) is 25.0 Å². The van der Waals surface area contributed by atoms with Crippen molar-refractivity contribution < 1.29 is 4.79 Å². The van der Waals surface area contributed by atoms with Gasteiger partial charge in [0.2, 0.25) is 5.91 Å². The maximum atomic E-state index is 12.1. The molecule has 17 heavy (non-hydrogen) atoms. The van der Waals surface area contributed by atoms with Crippen LogP contribution in [0.3, 0.4) is 0 Å². The van der Waals surface area contributed by atoms with Crippen molar-refractivity contribution in [3.8, 4) is 0 Å². The first-order valence-corrected chi connectivity index (χ1v) is 6.13. The van der Waals surface area contributed by atoms with Crippen LogP contribution in [0.15, 0.2) is 18.2 Å². The molecule has 0 saturated heterocycles. The van der Waals surface area contributed by atoms with Crippen molar-refractivity contribution in [2.75, 3.05) is 28.6 Å². The highest BCUT2D eigenvalue weighted by Gasteiger charge is 2.37. The molecule has 4 heteroatoms. The fourth-order valence-corrected chi connectivity index (χ4v) is 2.81. The van der Waals surface area contributed by atoms with Crippen molar-refractivity contribution in [2.45, 2.75) is 19.9 Å². The molecule has 0 radical (unpaired) electrons. The van der Waals surface area contributed by atoms with E-state index in [4.69, 9.17) is 0 Å². The largest absolute Gasteiger partial charge is 0.382 e. The summed E-state index contributed by atoms with van der Waals surface area (Å²) in [4.78, 5) is 14.4. The van der Waals surface area contributed by atoms with Crippen LogP contribution in [0.4, 0.5) is 17.1 Å². The van der Waals surface area contributed by atoms with Crippen molar-refractivity contribution in [1.29, 1.82) is 0 Å². The zero-order valence-electron chi connectivity index (χ0n) is 10.2. The lowest BCUT2D eigenvalue weighted by molar-refractivity contribution is -0.118. The summed E-state index contributed by atoms with van der Waals surface area (Å²) in [6, 6.07) is 5.96. The van der Waals surface area contributed by atoms with Crippen LogP contribution >= 0.6 is 0 Å². The molecule has 0 fully saturated rings. The molecule has 2 aliphatic heterocycles. The van der Waals surface area contributed by atoms with Gasteiger partial charge in [-0.15, -0.1) is 0 Å². The summed E-state index contributed by atoms with van der Waals surface area (Å²) in [5, 5.41) is 6.39. The van der Waals surface area contributed by atoms with Gasteiger partial charge in [0.15, 0.2) is 0 Å². The van der Waals surface area contributed by atoms with Crippen molar-refractivity contribution in [3.05, 3.63) is 18.2 Å². The van der Waals surface area contributed by atoms with Crippen molar-refractivity contribution in [3.63, 3.8) is 0 Å². The minimum Gasteiger partial charge on any atom is -0.382 e. The van der Waals surface area contributed by atoms with E-state index >= 15 is 0 Å². The molecule has 0 saturated carbocycles. The predicted molar refractivity (Wildman–Crippen MR) is 69.5 cm³/mol. The highest BCUT2D eigenvalue weighted by molar-refractivity contribution is 6.06.